The molecule has 3 nitrogen and oxygen atoms in total. The Morgan fingerprint density at radius 3 is 2.93 bits per heavy atom. The summed E-state index contributed by atoms with van der Waals surface area (Å²) < 4.78 is 0.924. The summed E-state index contributed by atoms with van der Waals surface area (Å²) >= 11 is 4.81. The van der Waals surface area contributed by atoms with E-state index in [9.17, 15) is 0 Å². The van der Waals surface area contributed by atoms with Crippen LogP contribution >= 0.6 is 27.7 Å². The molecular formula is C9H12BrNO2S. The van der Waals surface area contributed by atoms with Gasteiger partial charge in [-0.1, -0.05) is 0 Å². The van der Waals surface area contributed by atoms with Crippen molar-refractivity contribution in [2.24, 2.45) is 0 Å². The van der Waals surface area contributed by atoms with Gasteiger partial charge in [0.25, 0.3) is 0 Å². The van der Waals surface area contributed by atoms with Crippen LogP contribution in [-0.2, 0) is 0 Å². The Hall–Kier alpha value is -0.100. The lowest BCUT2D eigenvalue weighted by molar-refractivity contribution is 0.113. The fourth-order valence-electron chi connectivity index (χ4n) is 0.855. The molecule has 1 rings (SSSR count). The number of halogens is 1. The summed E-state index contributed by atoms with van der Waals surface area (Å²) in [7, 11) is 0. The minimum Gasteiger partial charge on any atom is -0.394 e. The van der Waals surface area contributed by atoms with Crippen molar-refractivity contribution >= 4 is 27.7 Å². The molecule has 0 aromatic carbocycles. The van der Waals surface area contributed by atoms with E-state index in [1.807, 2.05) is 13.0 Å². The van der Waals surface area contributed by atoms with Crippen LogP contribution in [0.15, 0.2) is 21.8 Å². The second-order valence-corrected chi connectivity index (χ2v) is 4.81. The average molecular weight is 278 g/mol. The van der Waals surface area contributed by atoms with Crippen LogP contribution in [0.25, 0.3) is 0 Å². The molecule has 14 heavy (non-hydrogen) atoms. The van der Waals surface area contributed by atoms with Gasteiger partial charge in [-0.05, 0) is 34.5 Å². The highest BCUT2D eigenvalue weighted by Crippen LogP contribution is 2.26. The molecule has 1 unspecified atom stereocenters. The number of thioether (sulfide) groups is 1. The van der Waals surface area contributed by atoms with E-state index in [4.69, 9.17) is 10.2 Å². The fourth-order valence-corrected chi connectivity index (χ4v) is 2.44. The molecule has 0 aliphatic carbocycles. The average Bonchev–Trinajstić information content (AvgIpc) is 2.16. The van der Waals surface area contributed by atoms with Gasteiger partial charge in [-0.3, -0.25) is 0 Å². The van der Waals surface area contributed by atoms with E-state index in [0.29, 0.717) is 5.75 Å². The largest absolute Gasteiger partial charge is 0.394 e. The van der Waals surface area contributed by atoms with Crippen molar-refractivity contribution in [2.45, 2.75) is 18.1 Å². The van der Waals surface area contributed by atoms with E-state index in [-0.39, 0.29) is 6.61 Å². The van der Waals surface area contributed by atoms with Gasteiger partial charge < -0.3 is 10.2 Å². The van der Waals surface area contributed by atoms with Crippen LogP contribution in [0, 0.1) is 6.92 Å². The molecule has 0 fully saturated rings. The predicted octanol–water partition coefficient (Wildman–Crippen LogP) is 1.60. The van der Waals surface area contributed by atoms with Gasteiger partial charge >= 0.3 is 0 Å². The zero-order valence-corrected chi connectivity index (χ0v) is 10.2. The molecule has 2 N–H and O–H groups in total. The number of hydrogen-bond acceptors (Lipinski definition) is 4. The lowest BCUT2D eigenvalue weighted by Gasteiger charge is -2.07. The van der Waals surface area contributed by atoms with Crippen LogP contribution in [0.4, 0.5) is 0 Å². The van der Waals surface area contributed by atoms with Crippen molar-refractivity contribution < 1.29 is 10.2 Å². The van der Waals surface area contributed by atoms with Crippen molar-refractivity contribution in [3.8, 4) is 0 Å². The molecule has 0 amide bonds. The molecule has 1 aromatic heterocycles. The van der Waals surface area contributed by atoms with E-state index in [1.54, 1.807) is 6.20 Å². The van der Waals surface area contributed by atoms with Gasteiger partial charge in [-0.15, -0.1) is 11.8 Å². The molecule has 0 saturated heterocycles. The molecule has 0 aliphatic rings. The Labute approximate surface area is 95.7 Å². The number of nitrogens with zero attached hydrogens (tertiary/aromatic N) is 1. The minimum absolute atomic E-state index is 0.212. The first-order valence-corrected chi connectivity index (χ1v) is 5.95. The van der Waals surface area contributed by atoms with Crippen LogP contribution in [0.5, 0.6) is 0 Å². The monoisotopic (exact) mass is 277 g/mol. The van der Waals surface area contributed by atoms with Crippen molar-refractivity contribution in [3.63, 3.8) is 0 Å². The van der Waals surface area contributed by atoms with Gasteiger partial charge in [0, 0.05) is 11.9 Å². The maximum absolute atomic E-state index is 9.15. The third-order valence-electron chi connectivity index (χ3n) is 1.57. The summed E-state index contributed by atoms with van der Waals surface area (Å²) in [5.41, 5.74) is 1.09. The van der Waals surface area contributed by atoms with Crippen molar-refractivity contribution in [1.82, 2.24) is 4.98 Å². The van der Waals surface area contributed by atoms with Crippen LogP contribution < -0.4 is 0 Å². The number of aromatic nitrogens is 1. The highest BCUT2D eigenvalue weighted by atomic mass is 79.9. The standard InChI is InChI=1S/C9H12BrNO2S/c1-6-2-8(10)9(11-3-6)14-5-7(13)4-12/h2-3,7,12-13H,4-5H2,1H3. The van der Waals surface area contributed by atoms with E-state index >= 15 is 0 Å². The summed E-state index contributed by atoms with van der Waals surface area (Å²) in [4.78, 5) is 4.21. The third kappa shape index (κ3) is 3.57. The quantitative estimate of drug-likeness (QED) is 0.821. The van der Waals surface area contributed by atoms with Gasteiger partial charge in [0.2, 0.25) is 0 Å². The van der Waals surface area contributed by atoms with Crippen LogP contribution in [0.2, 0.25) is 0 Å². The van der Waals surface area contributed by atoms with E-state index in [2.05, 4.69) is 20.9 Å². The second-order valence-electron chi connectivity index (χ2n) is 2.95. The Morgan fingerprint density at radius 2 is 2.36 bits per heavy atom. The first-order valence-electron chi connectivity index (χ1n) is 4.17. The van der Waals surface area contributed by atoms with E-state index < -0.39 is 6.10 Å². The van der Waals surface area contributed by atoms with Gasteiger partial charge in [-0.25, -0.2) is 4.98 Å². The SMILES string of the molecule is Cc1cnc(SCC(O)CO)c(Br)c1. The summed E-state index contributed by atoms with van der Waals surface area (Å²) in [5, 5.41) is 18.6. The molecule has 1 aromatic rings. The van der Waals surface area contributed by atoms with Gasteiger partial charge in [0.15, 0.2) is 0 Å². The van der Waals surface area contributed by atoms with E-state index in [1.165, 1.54) is 11.8 Å². The number of pyridine rings is 1. The third-order valence-corrected chi connectivity index (χ3v) is 3.58. The maximum atomic E-state index is 9.15. The summed E-state index contributed by atoms with van der Waals surface area (Å²) in [6.45, 7) is 1.76. The maximum Gasteiger partial charge on any atom is 0.110 e. The fraction of sp³-hybridized carbons (Fsp3) is 0.444. The first kappa shape index (κ1) is 12.0. The summed E-state index contributed by atoms with van der Waals surface area (Å²) in [5.74, 6) is 0.450. The smallest absolute Gasteiger partial charge is 0.110 e. The normalized spacial score (nSPS) is 12.9. The highest BCUT2D eigenvalue weighted by molar-refractivity contribution is 9.10. The lowest BCUT2D eigenvalue weighted by Crippen LogP contribution is -2.14. The number of aryl methyl sites for hydroxylation is 1. The van der Waals surface area contributed by atoms with Gasteiger partial charge in [0.05, 0.1) is 17.2 Å². The van der Waals surface area contributed by atoms with Crippen LogP contribution in [0.1, 0.15) is 5.56 Å². The Kier molecular flexibility index (Phi) is 4.88. The lowest BCUT2D eigenvalue weighted by atomic mass is 10.3. The number of hydrogen-bond donors (Lipinski definition) is 2. The van der Waals surface area contributed by atoms with E-state index in [0.717, 1.165) is 15.1 Å². The van der Waals surface area contributed by atoms with Gasteiger partial charge in [0.1, 0.15) is 5.03 Å². The Bertz CT molecular complexity index is 309. The summed E-state index contributed by atoms with van der Waals surface area (Å²) in [6, 6.07) is 1.97. The van der Waals surface area contributed by atoms with Crippen molar-refractivity contribution in [1.29, 1.82) is 0 Å². The molecule has 0 spiro atoms. The Balaban J connectivity index is 2.59. The predicted molar refractivity (Wildman–Crippen MR) is 60.5 cm³/mol. The van der Waals surface area contributed by atoms with Crippen LogP contribution in [0.3, 0.4) is 0 Å². The molecular weight excluding hydrogens is 266 g/mol. The molecule has 0 radical (unpaired) electrons. The molecule has 0 aliphatic heterocycles. The number of rotatable bonds is 4. The van der Waals surface area contributed by atoms with Crippen molar-refractivity contribution in [3.05, 3.63) is 22.3 Å². The second kappa shape index (κ2) is 5.70. The molecule has 0 bridgehead atoms. The molecule has 1 heterocycles. The number of aliphatic hydroxyl groups is 2. The zero-order chi connectivity index (χ0) is 10.6. The number of aliphatic hydroxyl groups excluding tert-OH is 2. The Morgan fingerprint density at radius 1 is 1.64 bits per heavy atom. The van der Waals surface area contributed by atoms with Crippen LogP contribution in [-0.4, -0.2) is 33.7 Å². The topological polar surface area (TPSA) is 53.4 Å². The molecule has 1 atom stereocenters. The minimum atomic E-state index is -0.685. The van der Waals surface area contributed by atoms with Gasteiger partial charge in [-0.2, -0.15) is 0 Å². The highest BCUT2D eigenvalue weighted by Gasteiger charge is 2.06. The first-order chi connectivity index (χ1) is 6.63. The van der Waals surface area contributed by atoms with Crippen molar-refractivity contribution in [2.75, 3.05) is 12.4 Å². The molecule has 78 valence electrons. The summed E-state index contributed by atoms with van der Waals surface area (Å²) in [6.07, 6.45) is 1.09. The molecule has 5 heteroatoms. The zero-order valence-electron chi connectivity index (χ0n) is 7.77. The molecule has 0 saturated carbocycles.